The Morgan fingerprint density at radius 2 is 1.86 bits per heavy atom. The van der Waals surface area contributed by atoms with Crippen molar-refractivity contribution in [2.75, 3.05) is 0 Å². The van der Waals surface area contributed by atoms with Crippen LogP contribution in [-0.4, -0.2) is 5.91 Å². The molecule has 14 heavy (non-hydrogen) atoms. The van der Waals surface area contributed by atoms with Gasteiger partial charge in [0.15, 0.2) is 0 Å². The lowest BCUT2D eigenvalue weighted by Gasteiger charge is -2.11. The van der Waals surface area contributed by atoms with Gasteiger partial charge in [-0.25, -0.2) is 0 Å². The van der Waals surface area contributed by atoms with E-state index in [1.165, 1.54) is 19.3 Å². The van der Waals surface area contributed by atoms with Gasteiger partial charge >= 0.3 is 0 Å². The Balaban J connectivity index is 3.57. The van der Waals surface area contributed by atoms with E-state index in [-0.39, 0.29) is 11.8 Å². The Morgan fingerprint density at radius 1 is 1.21 bits per heavy atom. The molecule has 0 saturated heterocycles. The van der Waals surface area contributed by atoms with E-state index in [0.29, 0.717) is 0 Å². The van der Waals surface area contributed by atoms with Crippen molar-refractivity contribution in [3.05, 3.63) is 6.92 Å². The number of amides is 1. The first-order valence-electron chi connectivity index (χ1n) is 5.81. The van der Waals surface area contributed by atoms with E-state index in [4.69, 9.17) is 5.73 Å². The molecule has 0 spiro atoms. The van der Waals surface area contributed by atoms with Gasteiger partial charge in [-0.3, -0.25) is 4.79 Å². The summed E-state index contributed by atoms with van der Waals surface area (Å²) in [6.07, 6.45) is 8.67. The van der Waals surface area contributed by atoms with Gasteiger partial charge in [-0.05, 0) is 12.8 Å². The lowest BCUT2D eigenvalue weighted by atomic mass is 9.95. The Bertz CT molecular complexity index is 145. The second-order valence-electron chi connectivity index (χ2n) is 3.94. The SMILES string of the molecule is [CH2]CCCC(CCCCCC)C(N)=O. The van der Waals surface area contributed by atoms with Gasteiger partial charge < -0.3 is 5.73 Å². The monoisotopic (exact) mass is 198 g/mol. The number of nitrogens with two attached hydrogens (primary N) is 1. The number of hydrogen-bond acceptors (Lipinski definition) is 1. The largest absolute Gasteiger partial charge is 0.369 e. The fraction of sp³-hybridized carbons (Fsp3) is 0.833. The van der Waals surface area contributed by atoms with Crippen molar-refractivity contribution >= 4 is 5.91 Å². The molecular formula is C12H24NO. The number of hydrogen-bond donors (Lipinski definition) is 1. The van der Waals surface area contributed by atoms with E-state index in [2.05, 4.69) is 13.8 Å². The van der Waals surface area contributed by atoms with Crippen LogP contribution >= 0.6 is 0 Å². The zero-order valence-corrected chi connectivity index (χ0v) is 9.43. The fourth-order valence-electron chi connectivity index (χ4n) is 1.64. The summed E-state index contributed by atoms with van der Waals surface area (Å²) in [7, 11) is 0. The minimum atomic E-state index is -0.130. The lowest BCUT2D eigenvalue weighted by molar-refractivity contribution is -0.122. The average molecular weight is 198 g/mol. The van der Waals surface area contributed by atoms with Crippen LogP contribution in [-0.2, 0) is 4.79 Å². The molecule has 1 atom stereocenters. The summed E-state index contributed by atoms with van der Waals surface area (Å²) in [5.41, 5.74) is 5.33. The number of rotatable bonds is 9. The molecule has 2 N–H and O–H groups in total. The molecule has 0 saturated carbocycles. The maximum Gasteiger partial charge on any atom is 0.220 e. The number of primary amides is 1. The molecule has 0 aliphatic heterocycles. The third-order valence-electron chi connectivity index (χ3n) is 2.61. The highest BCUT2D eigenvalue weighted by Gasteiger charge is 2.13. The number of carbonyl (C=O) groups excluding carboxylic acids is 1. The van der Waals surface area contributed by atoms with E-state index < -0.39 is 0 Å². The van der Waals surface area contributed by atoms with Crippen LogP contribution in [0.4, 0.5) is 0 Å². The molecular weight excluding hydrogens is 174 g/mol. The topological polar surface area (TPSA) is 43.1 Å². The van der Waals surface area contributed by atoms with Crippen LogP contribution in [0.1, 0.15) is 58.3 Å². The highest BCUT2D eigenvalue weighted by atomic mass is 16.1. The fourth-order valence-corrected chi connectivity index (χ4v) is 1.64. The van der Waals surface area contributed by atoms with Crippen LogP contribution in [0, 0.1) is 12.8 Å². The predicted octanol–water partition coefficient (Wildman–Crippen LogP) is 3.06. The minimum absolute atomic E-state index is 0.0913. The molecule has 0 aliphatic rings. The molecule has 0 aromatic carbocycles. The molecule has 0 aromatic heterocycles. The van der Waals surface area contributed by atoms with Gasteiger partial charge in [0, 0.05) is 5.92 Å². The third-order valence-corrected chi connectivity index (χ3v) is 2.61. The quantitative estimate of drug-likeness (QED) is 0.568. The molecule has 1 amide bonds. The molecule has 0 aromatic rings. The van der Waals surface area contributed by atoms with E-state index in [9.17, 15) is 4.79 Å². The van der Waals surface area contributed by atoms with Gasteiger partial charge in [0.1, 0.15) is 0 Å². The Kier molecular flexibility index (Phi) is 8.70. The first kappa shape index (κ1) is 13.5. The average Bonchev–Trinajstić information content (AvgIpc) is 2.16. The third kappa shape index (κ3) is 6.93. The van der Waals surface area contributed by atoms with E-state index in [0.717, 1.165) is 32.1 Å². The first-order chi connectivity index (χ1) is 6.72. The predicted molar refractivity (Wildman–Crippen MR) is 60.7 cm³/mol. The van der Waals surface area contributed by atoms with Crippen LogP contribution in [0.2, 0.25) is 0 Å². The van der Waals surface area contributed by atoms with Crippen molar-refractivity contribution in [1.82, 2.24) is 0 Å². The Hall–Kier alpha value is -0.530. The molecule has 0 bridgehead atoms. The summed E-state index contributed by atoms with van der Waals surface area (Å²) in [5.74, 6) is -0.0384. The zero-order chi connectivity index (χ0) is 10.8. The first-order valence-corrected chi connectivity index (χ1v) is 5.81. The second kappa shape index (κ2) is 9.04. The molecule has 2 nitrogen and oxygen atoms in total. The molecule has 1 unspecified atom stereocenters. The van der Waals surface area contributed by atoms with Gasteiger partial charge in [0.05, 0.1) is 0 Å². The summed E-state index contributed by atoms with van der Waals surface area (Å²) < 4.78 is 0. The van der Waals surface area contributed by atoms with Crippen LogP contribution in [0.3, 0.4) is 0 Å². The molecule has 0 heterocycles. The van der Waals surface area contributed by atoms with Crippen molar-refractivity contribution in [3.8, 4) is 0 Å². The maximum absolute atomic E-state index is 11.1. The van der Waals surface area contributed by atoms with Crippen molar-refractivity contribution in [1.29, 1.82) is 0 Å². The molecule has 83 valence electrons. The van der Waals surface area contributed by atoms with E-state index in [1.54, 1.807) is 0 Å². The molecule has 1 radical (unpaired) electrons. The summed E-state index contributed by atoms with van der Waals surface area (Å²) in [6, 6.07) is 0. The standard InChI is InChI=1S/C12H24NO/c1-3-5-7-8-10-11(12(13)14)9-6-4-2/h11H,2-10H2,1H3,(H2,13,14). The van der Waals surface area contributed by atoms with Crippen LogP contribution < -0.4 is 5.73 Å². The van der Waals surface area contributed by atoms with Crippen molar-refractivity contribution < 1.29 is 4.79 Å². The number of carbonyl (C=O) groups is 1. The normalized spacial score (nSPS) is 12.7. The molecule has 0 rings (SSSR count). The van der Waals surface area contributed by atoms with Crippen molar-refractivity contribution in [3.63, 3.8) is 0 Å². The van der Waals surface area contributed by atoms with Gasteiger partial charge in [0.2, 0.25) is 5.91 Å². The highest BCUT2D eigenvalue weighted by Crippen LogP contribution is 2.16. The van der Waals surface area contributed by atoms with Crippen LogP contribution in [0.15, 0.2) is 0 Å². The highest BCUT2D eigenvalue weighted by molar-refractivity contribution is 5.76. The second-order valence-corrected chi connectivity index (χ2v) is 3.94. The smallest absolute Gasteiger partial charge is 0.220 e. The van der Waals surface area contributed by atoms with E-state index in [1.807, 2.05) is 0 Å². The van der Waals surface area contributed by atoms with Crippen LogP contribution in [0.25, 0.3) is 0 Å². The Labute approximate surface area is 88.3 Å². The van der Waals surface area contributed by atoms with E-state index >= 15 is 0 Å². The van der Waals surface area contributed by atoms with Gasteiger partial charge in [-0.15, -0.1) is 0 Å². The zero-order valence-electron chi connectivity index (χ0n) is 9.43. The molecule has 2 heteroatoms. The Morgan fingerprint density at radius 3 is 2.36 bits per heavy atom. The van der Waals surface area contributed by atoms with Gasteiger partial charge in [0.25, 0.3) is 0 Å². The maximum atomic E-state index is 11.1. The summed E-state index contributed by atoms with van der Waals surface area (Å²) >= 11 is 0. The van der Waals surface area contributed by atoms with Gasteiger partial charge in [-0.1, -0.05) is 52.4 Å². The lowest BCUT2D eigenvalue weighted by Crippen LogP contribution is -2.23. The van der Waals surface area contributed by atoms with Crippen molar-refractivity contribution in [2.45, 2.75) is 58.3 Å². The summed E-state index contributed by atoms with van der Waals surface area (Å²) in [6.45, 7) is 5.96. The molecule has 0 aliphatic carbocycles. The summed E-state index contributed by atoms with van der Waals surface area (Å²) in [4.78, 5) is 11.1. The summed E-state index contributed by atoms with van der Waals surface area (Å²) in [5, 5.41) is 0. The molecule has 0 fully saturated rings. The van der Waals surface area contributed by atoms with Crippen LogP contribution in [0.5, 0.6) is 0 Å². The number of unbranched alkanes of at least 4 members (excludes halogenated alkanes) is 4. The van der Waals surface area contributed by atoms with Gasteiger partial charge in [-0.2, -0.15) is 0 Å². The minimum Gasteiger partial charge on any atom is -0.369 e. The van der Waals surface area contributed by atoms with Crippen molar-refractivity contribution in [2.24, 2.45) is 11.7 Å².